The molecule has 0 unspecified atom stereocenters. The Hall–Kier alpha value is -3.69. The average Bonchev–Trinajstić information content (AvgIpc) is 2.84. The van der Waals surface area contributed by atoms with Gasteiger partial charge in [-0.1, -0.05) is 48.5 Å². The highest BCUT2D eigenvalue weighted by Crippen LogP contribution is 2.28. The first-order valence-corrected chi connectivity index (χ1v) is 11.9. The van der Waals surface area contributed by atoms with Crippen molar-refractivity contribution in [3.8, 4) is 11.5 Å². The molecule has 9 heteroatoms. The minimum absolute atomic E-state index is 0.00128. The summed E-state index contributed by atoms with van der Waals surface area (Å²) in [6.07, 6.45) is 1.46. The van der Waals surface area contributed by atoms with Crippen LogP contribution in [0.3, 0.4) is 0 Å². The summed E-state index contributed by atoms with van der Waals surface area (Å²) in [5.74, 6) is 0.285. The Labute approximate surface area is 199 Å². The average molecular weight is 482 g/mol. The zero-order valence-corrected chi connectivity index (χ0v) is 20.1. The number of amides is 1. The minimum Gasteiger partial charge on any atom is -0.497 e. The number of carbonyl (C=O) groups excluding carboxylic acids is 1. The number of nitrogens with zero attached hydrogens (tertiary/aromatic N) is 2. The Bertz CT molecular complexity index is 1260. The van der Waals surface area contributed by atoms with Crippen molar-refractivity contribution in [1.29, 1.82) is 0 Å². The van der Waals surface area contributed by atoms with Crippen LogP contribution >= 0.6 is 0 Å². The lowest BCUT2D eigenvalue weighted by molar-refractivity contribution is -0.121. The summed E-state index contributed by atoms with van der Waals surface area (Å²) in [7, 11) is -1.10. The van der Waals surface area contributed by atoms with E-state index < -0.39 is 22.5 Å². The van der Waals surface area contributed by atoms with Gasteiger partial charge in [-0.2, -0.15) is 9.41 Å². The van der Waals surface area contributed by atoms with Crippen molar-refractivity contribution in [2.75, 3.05) is 20.8 Å². The molecule has 0 heterocycles. The van der Waals surface area contributed by atoms with Crippen molar-refractivity contribution in [3.63, 3.8) is 0 Å². The summed E-state index contributed by atoms with van der Waals surface area (Å²) in [5.41, 5.74) is 4.62. The second-order valence-corrected chi connectivity index (χ2v) is 9.39. The molecule has 0 atom stereocenters. The first-order chi connectivity index (χ1) is 16.3. The zero-order valence-electron chi connectivity index (χ0n) is 19.3. The van der Waals surface area contributed by atoms with E-state index in [1.807, 2.05) is 18.2 Å². The van der Waals surface area contributed by atoms with Gasteiger partial charge in [-0.3, -0.25) is 4.79 Å². The van der Waals surface area contributed by atoms with Crippen molar-refractivity contribution < 1.29 is 22.7 Å². The maximum atomic E-state index is 13.6. The zero-order chi connectivity index (χ0) is 24.6. The van der Waals surface area contributed by atoms with Crippen LogP contribution in [0.1, 0.15) is 16.7 Å². The quantitative estimate of drug-likeness (QED) is 0.354. The minimum atomic E-state index is -4.07. The normalized spacial score (nSPS) is 11.5. The second kappa shape index (κ2) is 11.4. The molecule has 1 amide bonds. The van der Waals surface area contributed by atoms with Crippen LogP contribution in [0.25, 0.3) is 0 Å². The molecule has 0 radical (unpaired) electrons. The number of hydrogen-bond acceptors (Lipinski definition) is 6. The third-order valence-electron chi connectivity index (χ3n) is 4.96. The van der Waals surface area contributed by atoms with Crippen LogP contribution in [0, 0.1) is 6.92 Å². The molecule has 34 heavy (non-hydrogen) atoms. The first kappa shape index (κ1) is 24.9. The van der Waals surface area contributed by atoms with E-state index in [4.69, 9.17) is 9.47 Å². The number of methoxy groups -OCH3 is 2. The Balaban J connectivity index is 1.84. The summed E-state index contributed by atoms with van der Waals surface area (Å²) in [5, 5.41) is 3.95. The fourth-order valence-electron chi connectivity index (χ4n) is 3.23. The summed E-state index contributed by atoms with van der Waals surface area (Å²) in [6, 6.07) is 21.1. The Morgan fingerprint density at radius 3 is 2.47 bits per heavy atom. The SMILES string of the molecule is COc1cccc(C=NNC(=O)CN(Cc2ccccc2)S(=O)(=O)c2cc(C)ccc2OC)c1. The lowest BCUT2D eigenvalue weighted by Gasteiger charge is -2.23. The third-order valence-corrected chi connectivity index (χ3v) is 6.77. The molecule has 178 valence electrons. The number of benzene rings is 3. The monoisotopic (exact) mass is 481 g/mol. The van der Waals surface area contributed by atoms with E-state index in [0.29, 0.717) is 5.75 Å². The first-order valence-electron chi connectivity index (χ1n) is 10.5. The molecule has 0 saturated heterocycles. The number of sulfonamides is 1. The van der Waals surface area contributed by atoms with Crippen molar-refractivity contribution in [2.45, 2.75) is 18.4 Å². The number of hydrazone groups is 1. The van der Waals surface area contributed by atoms with E-state index in [9.17, 15) is 13.2 Å². The Morgan fingerprint density at radius 2 is 1.76 bits per heavy atom. The lowest BCUT2D eigenvalue weighted by Crippen LogP contribution is -2.39. The maximum absolute atomic E-state index is 13.6. The standard InChI is InChI=1S/C25H27N3O5S/c1-19-12-13-23(33-3)24(14-19)34(30,31)28(17-20-8-5-4-6-9-20)18-25(29)27-26-16-21-10-7-11-22(15-21)32-2/h4-16H,17-18H2,1-3H3,(H,27,29). The van der Waals surface area contributed by atoms with Gasteiger partial charge in [0.25, 0.3) is 5.91 Å². The number of ether oxygens (including phenoxy) is 2. The highest BCUT2D eigenvalue weighted by atomic mass is 32.2. The van der Waals surface area contributed by atoms with E-state index in [-0.39, 0.29) is 17.2 Å². The van der Waals surface area contributed by atoms with Gasteiger partial charge < -0.3 is 9.47 Å². The lowest BCUT2D eigenvalue weighted by atomic mass is 10.2. The molecule has 3 rings (SSSR count). The Morgan fingerprint density at radius 1 is 1.00 bits per heavy atom. The van der Waals surface area contributed by atoms with E-state index >= 15 is 0 Å². The van der Waals surface area contributed by atoms with E-state index in [0.717, 1.165) is 21.0 Å². The number of carbonyl (C=O) groups is 1. The van der Waals surface area contributed by atoms with Crippen molar-refractivity contribution >= 4 is 22.1 Å². The van der Waals surface area contributed by atoms with E-state index in [1.54, 1.807) is 62.6 Å². The third kappa shape index (κ3) is 6.43. The van der Waals surface area contributed by atoms with Crippen LogP contribution in [0.5, 0.6) is 11.5 Å². The summed E-state index contributed by atoms with van der Waals surface area (Å²) in [6.45, 7) is 1.37. The van der Waals surface area contributed by atoms with Gasteiger partial charge in [0.2, 0.25) is 10.0 Å². The van der Waals surface area contributed by atoms with Crippen LogP contribution in [0.15, 0.2) is 82.8 Å². The number of hydrogen-bond donors (Lipinski definition) is 1. The molecule has 0 aliphatic heterocycles. The summed E-state index contributed by atoms with van der Waals surface area (Å²) in [4.78, 5) is 12.7. The number of aryl methyl sites for hydroxylation is 1. The van der Waals surface area contributed by atoms with Crippen molar-refractivity contribution in [3.05, 3.63) is 89.5 Å². The highest BCUT2D eigenvalue weighted by molar-refractivity contribution is 7.89. The molecule has 1 N–H and O–H groups in total. The van der Waals surface area contributed by atoms with Crippen LogP contribution in [0.2, 0.25) is 0 Å². The van der Waals surface area contributed by atoms with Crippen LogP contribution in [-0.4, -0.2) is 45.6 Å². The molecule has 0 saturated carbocycles. The molecule has 0 aromatic heterocycles. The van der Waals surface area contributed by atoms with Gasteiger partial charge in [0, 0.05) is 6.54 Å². The Kier molecular flexibility index (Phi) is 8.39. The second-order valence-electron chi connectivity index (χ2n) is 7.48. The molecule has 3 aromatic carbocycles. The smallest absolute Gasteiger partial charge is 0.255 e. The largest absolute Gasteiger partial charge is 0.497 e. The van der Waals surface area contributed by atoms with E-state index in [1.165, 1.54) is 19.4 Å². The van der Waals surface area contributed by atoms with Crippen LogP contribution in [-0.2, 0) is 21.4 Å². The molecule has 3 aromatic rings. The molecular formula is C25H27N3O5S. The number of rotatable bonds is 10. The van der Waals surface area contributed by atoms with Crippen LogP contribution < -0.4 is 14.9 Å². The molecule has 0 spiro atoms. The van der Waals surface area contributed by atoms with E-state index in [2.05, 4.69) is 10.5 Å². The van der Waals surface area contributed by atoms with Gasteiger partial charge in [0.1, 0.15) is 16.4 Å². The highest BCUT2D eigenvalue weighted by Gasteiger charge is 2.30. The van der Waals surface area contributed by atoms with Crippen LogP contribution in [0.4, 0.5) is 0 Å². The van der Waals surface area contributed by atoms with Crippen molar-refractivity contribution in [1.82, 2.24) is 9.73 Å². The van der Waals surface area contributed by atoms with Gasteiger partial charge in [-0.05, 0) is 47.9 Å². The fourth-order valence-corrected chi connectivity index (χ4v) is 4.86. The summed E-state index contributed by atoms with van der Waals surface area (Å²) < 4.78 is 38.7. The fraction of sp³-hybridized carbons (Fsp3) is 0.200. The van der Waals surface area contributed by atoms with Gasteiger partial charge in [-0.15, -0.1) is 0 Å². The summed E-state index contributed by atoms with van der Waals surface area (Å²) >= 11 is 0. The molecule has 0 fully saturated rings. The molecular weight excluding hydrogens is 454 g/mol. The maximum Gasteiger partial charge on any atom is 0.255 e. The van der Waals surface area contributed by atoms with Gasteiger partial charge in [0.05, 0.1) is 27.0 Å². The predicted octanol–water partition coefficient (Wildman–Crippen LogP) is 3.35. The van der Waals surface area contributed by atoms with Gasteiger partial charge in [0.15, 0.2) is 0 Å². The topological polar surface area (TPSA) is 97.3 Å². The van der Waals surface area contributed by atoms with Gasteiger partial charge >= 0.3 is 0 Å². The predicted molar refractivity (Wildman–Crippen MR) is 130 cm³/mol. The molecule has 0 aliphatic carbocycles. The number of nitrogens with one attached hydrogen (secondary N) is 1. The molecule has 0 bridgehead atoms. The molecule has 0 aliphatic rings. The molecule has 8 nitrogen and oxygen atoms in total. The van der Waals surface area contributed by atoms with Crippen molar-refractivity contribution in [2.24, 2.45) is 5.10 Å². The van der Waals surface area contributed by atoms with Gasteiger partial charge in [-0.25, -0.2) is 13.8 Å².